The zero-order chi connectivity index (χ0) is 15.4. The van der Waals surface area contributed by atoms with Gasteiger partial charge in [0.1, 0.15) is 23.9 Å². The van der Waals surface area contributed by atoms with E-state index in [1.54, 1.807) is 14.0 Å². The smallest absolute Gasteiger partial charge is 0.128 e. The highest BCUT2D eigenvalue weighted by molar-refractivity contribution is 9.10. The predicted molar refractivity (Wildman–Crippen MR) is 82.1 cm³/mol. The minimum Gasteiger partial charge on any atom is -0.496 e. The number of ether oxygens (including phenoxy) is 2. The van der Waals surface area contributed by atoms with Crippen molar-refractivity contribution in [3.05, 3.63) is 57.8 Å². The quantitative estimate of drug-likeness (QED) is 0.873. The van der Waals surface area contributed by atoms with Crippen molar-refractivity contribution in [2.75, 3.05) is 7.11 Å². The average Bonchev–Trinajstić information content (AvgIpc) is 2.45. The summed E-state index contributed by atoms with van der Waals surface area (Å²) in [5.74, 6) is 0.607. The Kier molecular flexibility index (Phi) is 5.20. The van der Waals surface area contributed by atoms with Crippen LogP contribution in [0.5, 0.6) is 11.5 Å². The van der Waals surface area contributed by atoms with Crippen LogP contribution in [0.4, 0.5) is 4.39 Å². The molecule has 0 saturated carbocycles. The number of methoxy groups -OCH3 is 1. The summed E-state index contributed by atoms with van der Waals surface area (Å²) in [7, 11) is 1.58. The van der Waals surface area contributed by atoms with Gasteiger partial charge >= 0.3 is 0 Å². The summed E-state index contributed by atoms with van der Waals surface area (Å²) in [6, 6.07) is 9.66. The van der Waals surface area contributed by atoms with E-state index in [4.69, 9.17) is 9.47 Å². The average molecular weight is 355 g/mol. The Bertz CT molecular complexity index is 629. The molecule has 0 radical (unpaired) electrons. The van der Waals surface area contributed by atoms with Crippen LogP contribution in [0.15, 0.2) is 40.9 Å². The van der Waals surface area contributed by atoms with E-state index in [0.29, 0.717) is 17.1 Å². The Morgan fingerprint density at radius 1 is 1.19 bits per heavy atom. The predicted octanol–water partition coefficient (Wildman–Crippen LogP) is 4.23. The monoisotopic (exact) mass is 354 g/mol. The molecule has 0 unspecified atom stereocenters. The maximum absolute atomic E-state index is 13.4. The van der Waals surface area contributed by atoms with Gasteiger partial charge in [0.25, 0.3) is 0 Å². The Hall–Kier alpha value is -1.59. The van der Waals surface area contributed by atoms with Crippen LogP contribution in [-0.4, -0.2) is 12.2 Å². The van der Waals surface area contributed by atoms with E-state index in [9.17, 15) is 9.50 Å². The van der Waals surface area contributed by atoms with Crippen LogP contribution in [0, 0.1) is 5.82 Å². The molecule has 2 aromatic carbocycles. The van der Waals surface area contributed by atoms with Crippen LogP contribution in [0.2, 0.25) is 0 Å². The molecule has 21 heavy (non-hydrogen) atoms. The number of benzene rings is 2. The summed E-state index contributed by atoms with van der Waals surface area (Å²) in [4.78, 5) is 0. The number of rotatable bonds is 5. The molecule has 1 N–H and O–H groups in total. The molecule has 2 rings (SSSR count). The van der Waals surface area contributed by atoms with Crippen LogP contribution in [0.1, 0.15) is 24.2 Å². The Morgan fingerprint density at radius 3 is 2.62 bits per heavy atom. The SMILES string of the molecule is COc1ccc(Br)cc1COc1cc(F)ccc1[C@@H](C)O. The van der Waals surface area contributed by atoms with Crippen LogP contribution in [0.25, 0.3) is 0 Å². The zero-order valence-electron chi connectivity index (χ0n) is 11.8. The molecular weight excluding hydrogens is 339 g/mol. The summed E-state index contributed by atoms with van der Waals surface area (Å²) in [6.07, 6.45) is -0.731. The molecular formula is C16H16BrFO3. The third kappa shape index (κ3) is 3.95. The van der Waals surface area contributed by atoms with Gasteiger partial charge in [-0.2, -0.15) is 0 Å². The molecule has 5 heteroatoms. The van der Waals surface area contributed by atoms with Crippen LogP contribution >= 0.6 is 15.9 Å². The summed E-state index contributed by atoms with van der Waals surface area (Å²) < 4.78 is 25.2. The van der Waals surface area contributed by atoms with Gasteiger partial charge in [-0.3, -0.25) is 0 Å². The molecule has 112 valence electrons. The van der Waals surface area contributed by atoms with Gasteiger partial charge in [-0.15, -0.1) is 0 Å². The van der Waals surface area contributed by atoms with Gasteiger partial charge < -0.3 is 14.6 Å². The molecule has 0 aromatic heterocycles. The van der Waals surface area contributed by atoms with E-state index in [2.05, 4.69) is 15.9 Å². The van der Waals surface area contributed by atoms with Gasteiger partial charge in [-0.25, -0.2) is 4.39 Å². The van der Waals surface area contributed by atoms with E-state index in [0.717, 1.165) is 10.0 Å². The maximum atomic E-state index is 13.4. The lowest BCUT2D eigenvalue weighted by Gasteiger charge is -2.15. The van der Waals surface area contributed by atoms with E-state index in [1.165, 1.54) is 18.2 Å². The highest BCUT2D eigenvalue weighted by Gasteiger charge is 2.12. The van der Waals surface area contributed by atoms with E-state index < -0.39 is 11.9 Å². The van der Waals surface area contributed by atoms with E-state index >= 15 is 0 Å². The Labute approximate surface area is 131 Å². The second kappa shape index (κ2) is 6.91. The topological polar surface area (TPSA) is 38.7 Å². The summed E-state index contributed by atoms with van der Waals surface area (Å²) in [5, 5.41) is 9.70. The highest BCUT2D eigenvalue weighted by atomic mass is 79.9. The zero-order valence-corrected chi connectivity index (χ0v) is 13.4. The normalized spacial score (nSPS) is 12.0. The summed E-state index contributed by atoms with van der Waals surface area (Å²) >= 11 is 3.39. The van der Waals surface area contributed by atoms with Crippen LogP contribution in [-0.2, 0) is 6.61 Å². The number of aliphatic hydroxyl groups excluding tert-OH is 1. The Balaban J connectivity index is 2.24. The molecule has 1 atom stereocenters. The van der Waals surface area contributed by atoms with Crippen molar-refractivity contribution in [2.45, 2.75) is 19.6 Å². The van der Waals surface area contributed by atoms with Crippen LogP contribution in [0.3, 0.4) is 0 Å². The molecule has 0 amide bonds. The minimum absolute atomic E-state index is 0.214. The first-order chi connectivity index (χ1) is 10.0. The van der Waals surface area contributed by atoms with Gasteiger partial charge in [0.05, 0.1) is 13.2 Å². The first-order valence-electron chi connectivity index (χ1n) is 6.44. The third-order valence-corrected chi connectivity index (χ3v) is 3.54. The fraction of sp³-hybridized carbons (Fsp3) is 0.250. The molecule has 0 aliphatic heterocycles. The number of hydrogen-bond acceptors (Lipinski definition) is 3. The van der Waals surface area contributed by atoms with Gasteiger partial charge in [-0.05, 0) is 37.3 Å². The number of halogens is 2. The molecule has 0 saturated heterocycles. The van der Waals surface area contributed by atoms with Crippen molar-refractivity contribution < 1.29 is 19.0 Å². The van der Waals surface area contributed by atoms with Crippen molar-refractivity contribution >= 4 is 15.9 Å². The highest BCUT2D eigenvalue weighted by Crippen LogP contribution is 2.29. The molecule has 2 aromatic rings. The fourth-order valence-corrected chi connectivity index (χ4v) is 2.40. The fourth-order valence-electron chi connectivity index (χ4n) is 1.99. The molecule has 0 bridgehead atoms. The molecule has 0 aliphatic carbocycles. The second-order valence-electron chi connectivity index (χ2n) is 4.60. The van der Waals surface area contributed by atoms with Crippen molar-refractivity contribution in [3.8, 4) is 11.5 Å². The van der Waals surface area contributed by atoms with Crippen molar-refractivity contribution in [1.82, 2.24) is 0 Å². The molecule has 0 spiro atoms. The minimum atomic E-state index is -0.731. The lowest BCUT2D eigenvalue weighted by atomic mass is 10.1. The maximum Gasteiger partial charge on any atom is 0.128 e. The van der Waals surface area contributed by atoms with E-state index in [1.807, 2.05) is 18.2 Å². The first kappa shape index (κ1) is 15.8. The Morgan fingerprint density at radius 2 is 1.95 bits per heavy atom. The largest absolute Gasteiger partial charge is 0.496 e. The molecule has 3 nitrogen and oxygen atoms in total. The van der Waals surface area contributed by atoms with Crippen molar-refractivity contribution in [3.63, 3.8) is 0 Å². The van der Waals surface area contributed by atoms with E-state index in [-0.39, 0.29) is 6.61 Å². The van der Waals surface area contributed by atoms with Gasteiger partial charge in [0, 0.05) is 21.7 Å². The second-order valence-corrected chi connectivity index (χ2v) is 5.52. The standard InChI is InChI=1S/C16H16BrFO3/c1-10(19)14-5-4-13(18)8-16(14)21-9-11-7-12(17)3-6-15(11)20-2/h3-8,10,19H,9H2,1-2H3/t10-/m1/s1. The van der Waals surface area contributed by atoms with Crippen molar-refractivity contribution in [1.29, 1.82) is 0 Å². The molecule has 0 fully saturated rings. The number of aliphatic hydroxyl groups is 1. The van der Waals surface area contributed by atoms with Crippen LogP contribution < -0.4 is 9.47 Å². The van der Waals surface area contributed by atoms with Gasteiger partial charge in [0.15, 0.2) is 0 Å². The lowest BCUT2D eigenvalue weighted by molar-refractivity contribution is 0.189. The molecule has 0 aliphatic rings. The van der Waals surface area contributed by atoms with Gasteiger partial charge in [0.2, 0.25) is 0 Å². The summed E-state index contributed by atoms with van der Waals surface area (Å²) in [6.45, 7) is 1.82. The summed E-state index contributed by atoms with van der Waals surface area (Å²) in [5.41, 5.74) is 1.37. The third-order valence-electron chi connectivity index (χ3n) is 3.05. The number of hydrogen-bond donors (Lipinski definition) is 1. The molecule has 0 heterocycles. The lowest BCUT2D eigenvalue weighted by Crippen LogP contribution is -2.03. The van der Waals surface area contributed by atoms with Gasteiger partial charge in [-0.1, -0.05) is 15.9 Å². The van der Waals surface area contributed by atoms with Crippen molar-refractivity contribution in [2.24, 2.45) is 0 Å². The first-order valence-corrected chi connectivity index (χ1v) is 7.23.